The van der Waals surface area contributed by atoms with Gasteiger partial charge in [-0.15, -0.1) is 0 Å². The van der Waals surface area contributed by atoms with Crippen LogP contribution in [0.1, 0.15) is 16.7 Å². The van der Waals surface area contributed by atoms with Crippen molar-refractivity contribution in [2.75, 3.05) is 13.2 Å². The van der Waals surface area contributed by atoms with Crippen LogP contribution in [0, 0.1) is 17.5 Å². The van der Waals surface area contributed by atoms with Crippen molar-refractivity contribution in [3.63, 3.8) is 0 Å². The monoisotopic (exact) mass is 358 g/mol. The number of aliphatic hydroxyl groups excluding tert-OH is 1. The summed E-state index contributed by atoms with van der Waals surface area (Å²) in [7, 11) is 0. The summed E-state index contributed by atoms with van der Waals surface area (Å²) < 4.78 is 50.1. The molecule has 26 heavy (non-hydrogen) atoms. The van der Waals surface area contributed by atoms with Crippen molar-refractivity contribution >= 4 is 0 Å². The quantitative estimate of drug-likeness (QED) is 0.662. The number of benzene rings is 3. The Kier molecular flexibility index (Phi) is 5.40. The van der Waals surface area contributed by atoms with Gasteiger partial charge in [0, 0.05) is 16.7 Å². The maximum atomic E-state index is 14.8. The predicted molar refractivity (Wildman–Crippen MR) is 92.1 cm³/mol. The van der Waals surface area contributed by atoms with Crippen LogP contribution in [-0.2, 0) is 10.3 Å². The molecule has 0 aliphatic carbocycles. The summed E-state index contributed by atoms with van der Waals surface area (Å²) in [5, 5.41) is 9.27. The second-order valence-corrected chi connectivity index (χ2v) is 5.69. The lowest BCUT2D eigenvalue weighted by molar-refractivity contribution is -0.0125. The maximum Gasteiger partial charge on any atom is 0.152 e. The van der Waals surface area contributed by atoms with Crippen LogP contribution in [0.4, 0.5) is 13.2 Å². The second-order valence-electron chi connectivity index (χ2n) is 5.69. The SMILES string of the molecule is OCCOC(c1ccccc1F)(c1ccccc1F)c1ccccc1F. The molecule has 2 nitrogen and oxygen atoms in total. The molecule has 0 atom stereocenters. The Morgan fingerprint density at radius 1 is 0.654 bits per heavy atom. The number of ether oxygens (including phenoxy) is 1. The number of aliphatic hydroxyl groups is 1. The van der Waals surface area contributed by atoms with E-state index in [0.717, 1.165) is 0 Å². The minimum atomic E-state index is -1.88. The van der Waals surface area contributed by atoms with E-state index in [4.69, 9.17) is 4.74 Å². The average molecular weight is 358 g/mol. The van der Waals surface area contributed by atoms with Gasteiger partial charge < -0.3 is 9.84 Å². The number of hydrogen-bond acceptors (Lipinski definition) is 2. The first-order valence-electron chi connectivity index (χ1n) is 8.11. The summed E-state index contributed by atoms with van der Waals surface area (Å²) >= 11 is 0. The van der Waals surface area contributed by atoms with Gasteiger partial charge in [-0.05, 0) is 18.2 Å². The highest BCUT2D eigenvalue weighted by molar-refractivity contribution is 5.49. The summed E-state index contributed by atoms with van der Waals surface area (Å²) in [6.07, 6.45) is 0. The van der Waals surface area contributed by atoms with Gasteiger partial charge in [-0.1, -0.05) is 54.6 Å². The molecule has 0 aliphatic heterocycles. The molecule has 0 bridgehead atoms. The third kappa shape index (κ3) is 3.11. The Morgan fingerprint density at radius 2 is 1.00 bits per heavy atom. The van der Waals surface area contributed by atoms with Crippen LogP contribution in [0.15, 0.2) is 72.8 Å². The van der Waals surface area contributed by atoms with Gasteiger partial charge in [0.1, 0.15) is 17.5 Å². The fourth-order valence-electron chi connectivity index (χ4n) is 3.11. The molecule has 0 amide bonds. The van der Waals surface area contributed by atoms with Crippen molar-refractivity contribution in [1.82, 2.24) is 0 Å². The van der Waals surface area contributed by atoms with Crippen molar-refractivity contribution < 1.29 is 23.0 Å². The molecule has 3 aromatic carbocycles. The Bertz CT molecular complexity index is 785. The van der Waals surface area contributed by atoms with Gasteiger partial charge in [-0.25, -0.2) is 13.2 Å². The Hall–Kier alpha value is -2.63. The van der Waals surface area contributed by atoms with Crippen LogP contribution >= 0.6 is 0 Å². The molecule has 0 radical (unpaired) electrons. The number of rotatable bonds is 6. The largest absolute Gasteiger partial charge is 0.394 e. The third-order valence-corrected chi connectivity index (χ3v) is 4.17. The zero-order valence-electron chi connectivity index (χ0n) is 13.8. The zero-order valence-corrected chi connectivity index (χ0v) is 13.8. The van der Waals surface area contributed by atoms with Crippen molar-refractivity contribution in [3.8, 4) is 0 Å². The standard InChI is InChI=1S/C21H17F3O2/c22-18-10-4-1-7-15(18)21(26-14-13-25,16-8-2-5-11-19(16)23)17-9-3-6-12-20(17)24/h1-12,25H,13-14H2. The van der Waals surface area contributed by atoms with Crippen molar-refractivity contribution in [3.05, 3.63) is 107 Å². The highest BCUT2D eigenvalue weighted by Gasteiger charge is 2.43. The van der Waals surface area contributed by atoms with Crippen LogP contribution in [0.5, 0.6) is 0 Å². The van der Waals surface area contributed by atoms with E-state index in [-0.39, 0.29) is 29.9 Å². The minimum absolute atomic E-state index is 0.0383. The highest BCUT2D eigenvalue weighted by atomic mass is 19.1. The topological polar surface area (TPSA) is 29.5 Å². The van der Waals surface area contributed by atoms with Crippen LogP contribution in [0.25, 0.3) is 0 Å². The minimum Gasteiger partial charge on any atom is -0.394 e. The third-order valence-electron chi connectivity index (χ3n) is 4.17. The molecule has 134 valence electrons. The van der Waals surface area contributed by atoms with E-state index in [0.29, 0.717) is 0 Å². The molecule has 3 rings (SSSR count). The average Bonchev–Trinajstić information content (AvgIpc) is 2.65. The molecular formula is C21H17F3O2. The number of halogens is 3. The van der Waals surface area contributed by atoms with Gasteiger partial charge in [0.2, 0.25) is 0 Å². The van der Waals surface area contributed by atoms with Crippen LogP contribution in [-0.4, -0.2) is 18.3 Å². The fourth-order valence-corrected chi connectivity index (χ4v) is 3.11. The Balaban J connectivity index is 2.41. The summed E-state index contributed by atoms with van der Waals surface area (Å²) in [5.74, 6) is -2.01. The first kappa shape index (κ1) is 18.2. The van der Waals surface area contributed by atoms with Gasteiger partial charge in [0.05, 0.1) is 13.2 Å². The van der Waals surface area contributed by atoms with E-state index in [1.54, 1.807) is 18.2 Å². The van der Waals surface area contributed by atoms with E-state index in [2.05, 4.69) is 0 Å². The molecule has 0 unspecified atom stereocenters. The first-order valence-corrected chi connectivity index (χ1v) is 8.11. The molecule has 0 heterocycles. The Morgan fingerprint density at radius 3 is 1.31 bits per heavy atom. The molecule has 3 aromatic rings. The van der Waals surface area contributed by atoms with Crippen LogP contribution in [0.3, 0.4) is 0 Å². The summed E-state index contributed by atoms with van der Waals surface area (Å²) in [6.45, 7) is -0.629. The summed E-state index contributed by atoms with van der Waals surface area (Å²) in [4.78, 5) is 0. The van der Waals surface area contributed by atoms with Crippen LogP contribution in [0.2, 0.25) is 0 Å². The molecule has 0 spiro atoms. The molecular weight excluding hydrogens is 341 g/mol. The van der Waals surface area contributed by atoms with Crippen LogP contribution < -0.4 is 0 Å². The van der Waals surface area contributed by atoms with E-state index < -0.39 is 23.1 Å². The lowest BCUT2D eigenvalue weighted by Gasteiger charge is -2.36. The van der Waals surface area contributed by atoms with Crippen molar-refractivity contribution in [2.24, 2.45) is 0 Å². The summed E-state index contributed by atoms with van der Waals surface area (Å²) in [6, 6.07) is 17.0. The van der Waals surface area contributed by atoms with Gasteiger partial charge >= 0.3 is 0 Å². The lowest BCUT2D eigenvalue weighted by atomic mass is 9.79. The molecule has 0 fully saturated rings. The molecule has 0 saturated carbocycles. The summed E-state index contributed by atoms with van der Waals surface area (Å²) in [5.41, 5.74) is -2.00. The number of hydrogen-bond donors (Lipinski definition) is 1. The van der Waals surface area contributed by atoms with Gasteiger partial charge in [-0.2, -0.15) is 0 Å². The van der Waals surface area contributed by atoms with E-state index in [1.165, 1.54) is 54.6 Å². The van der Waals surface area contributed by atoms with Crippen molar-refractivity contribution in [1.29, 1.82) is 0 Å². The normalized spacial score (nSPS) is 11.5. The smallest absolute Gasteiger partial charge is 0.152 e. The van der Waals surface area contributed by atoms with E-state index in [9.17, 15) is 18.3 Å². The second kappa shape index (κ2) is 7.72. The molecule has 0 aromatic heterocycles. The fraction of sp³-hybridized carbons (Fsp3) is 0.143. The first-order chi connectivity index (χ1) is 12.6. The molecule has 5 heteroatoms. The lowest BCUT2D eigenvalue weighted by Crippen LogP contribution is -2.36. The van der Waals surface area contributed by atoms with Gasteiger partial charge in [0.15, 0.2) is 5.60 Å². The van der Waals surface area contributed by atoms with Crippen molar-refractivity contribution in [2.45, 2.75) is 5.60 Å². The maximum absolute atomic E-state index is 14.8. The molecule has 0 saturated heterocycles. The van der Waals surface area contributed by atoms with Gasteiger partial charge in [0.25, 0.3) is 0 Å². The van der Waals surface area contributed by atoms with Gasteiger partial charge in [-0.3, -0.25) is 0 Å². The molecule has 0 aliphatic rings. The molecule has 1 N–H and O–H groups in total. The highest BCUT2D eigenvalue weighted by Crippen LogP contribution is 2.43. The predicted octanol–water partition coefficient (Wildman–Crippen LogP) is 4.40. The van der Waals surface area contributed by atoms with E-state index in [1.807, 2.05) is 0 Å². The van der Waals surface area contributed by atoms with E-state index >= 15 is 0 Å². The zero-order chi connectivity index (χ0) is 18.6. The Labute approximate surface area is 149 Å².